The van der Waals surface area contributed by atoms with E-state index in [1.165, 1.54) is 16.9 Å². The van der Waals surface area contributed by atoms with Gasteiger partial charge in [0, 0.05) is 36.2 Å². The van der Waals surface area contributed by atoms with Crippen LogP contribution in [-0.4, -0.2) is 42.6 Å². The number of nitrogens with two attached hydrogens (primary N) is 1. The van der Waals surface area contributed by atoms with E-state index < -0.39 is 7.12 Å². The molecular weight excluding hydrogens is 467 g/mol. The number of benzene rings is 2. The first kappa shape index (κ1) is 22.2. The number of fused-ring (bicyclic) bond motifs is 3. The Morgan fingerprint density at radius 1 is 1.21 bits per heavy atom. The first-order valence-corrected chi connectivity index (χ1v) is 12.8. The van der Waals surface area contributed by atoms with Crippen molar-refractivity contribution >= 4 is 42.5 Å². The van der Waals surface area contributed by atoms with Crippen molar-refractivity contribution in [2.24, 2.45) is 5.73 Å². The number of carbonyl (C=O) groups is 1. The Morgan fingerprint density at radius 3 is 2.82 bits per heavy atom. The molecule has 3 aliphatic rings. The van der Waals surface area contributed by atoms with Crippen LogP contribution in [0.25, 0.3) is 11.1 Å². The second kappa shape index (κ2) is 8.43. The summed E-state index contributed by atoms with van der Waals surface area (Å²) in [4.78, 5) is 16.0. The molecule has 1 amide bonds. The smallest absolute Gasteiger partial charge is 0.491 e. The zero-order valence-corrected chi connectivity index (χ0v) is 20.3. The predicted octanol–water partition coefficient (Wildman–Crippen LogP) is 2.95. The molecule has 3 aliphatic heterocycles. The van der Waals surface area contributed by atoms with Gasteiger partial charge in [-0.05, 0) is 47.1 Å². The van der Waals surface area contributed by atoms with Crippen LogP contribution in [-0.2, 0) is 23.2 Å². The summed E-state index contributed by atoms with van der Waals surface area (Å²) in [5.41, 5.74) is 11.8. The van der Waals surface area contributed by atoms with Crippen LogP contribution >= 0.6 is 24.0 Å². The van der Waals surface area contributed by atoms with E-state index in [9.17, 15) is 9.82 Å². The summed E-state index contributed by atoms with van der Waals surface area (Å²) in [5.74, 6) is 0.990. The van der Waals surface area contributed by atoms with E-state index in [4.69, 9.17) is 15.1 Å². The van der Waals surface area contributed by atoms with Crippen molar-refractivity contribution in [3.05, 3.63) is 64.0 Å². The number of rotatable bonds is 3. The Morgan fingerprint density at radius 2 is 2.03 bits per heavy atom. The maximum Gasteiger partial charge on any atom is 0.491 e. The molecule has 0 saturated carbocycles. The lowest BCUT2D eigenvalue weighted by Gasteiger charge is -2.38. The molecule has 174 valence electrons. The summed E-state index contributed by atoms with van der Waals surface area (Å²) in [7, 11) is -0.899. The summed E-state index contributed by atoms with van der Waals surface area (Å²) in [5, 5.41) is 10.0. The normalized spacial score (nSPS) is 18.2. The van der Waals surface area contributed by atoms with Crippen molar-refractivity contribution in [3.8, 4) is 16.9 Å². The molecule has 34 heavy (non-hydrogen) atoms. The Bertz CT molecular complexity index is 1290. The summed E-state index contributed by atoms with van der Waals surface area (Å²) < 4.78 is 12.2. The van der Waals surface area contributed by atoms with Gasteiger partial charge in [-0.25, -0.2) is 0 Å². The zero-order chi connectivity index (χ0) is 23.4. The molecule has 1 saturated heterocycles. The van der Waals surface area contributed by atoms with Crippen LogP contribution in [0.4, 0.5) is 0 Å². The van der Waals surface area contributed by atoms with Gasteiger partial charge in [0.25, 0.3) is 5.91 Å². The van der Waals surface area contributed by atoms with E-state index in [0.29, 0.717) is 37.7 Å². The number of carbonyl (C=O) groups excluding carboxylic acids is 1. The molecule has 3 aromatic rings. The van der Waals surface area contributed by atoms with Gasteiger partial charge >= 0.3 is 7.12 Å². The highest BCUT2D eigenvalue weighted by molar-refractivity contribution is 7.83. The van der Waals surface area contributed by atoms with E-state index in [1.54, 1.807) is 0 Å². The Balaban J connectivity index is 1.22. The predicted molar refractivity (Wildman–Crippen MR) is 136 cm³/mol. The van der Waals surface area contributed by atoms with Gasteiger partial charge in [0.1, 0.15) is 5.75 Å². The van der Waals surface area contributed by atoms with Crippen LogP contribution in [0.2, 0.25) is 0 Å². The fourth-order valence-corrected chi connectivity index (χ4v) is 6.79. The van der Waals surface area contributed by atoms with Gasteiger partial charge in [-0.2, -0.15) is 0 Å². The highest BCUT2D eigenvalue weighted by Gasteiger charge is 2.44. The summed E-state index contributed by atoms with van der Waals surface area (Å²) in [6.45, 7) is 2.89. The highest BCUT2D eigenvalue weighted by Crippen LogP contribution is 2.46. The molecule has 6 rings (SSSR count). The lowest BCUT2D eigenvalue weighted by molar-refractivity contribution is 0.0651. The highest BCUT2D eigenvalue weighted by atomic mass is 32.2. The largest absolute Gasteiger partial charge is 0.492 e. The molecule has 0 bridgehead atoms. The van der Waals surface area contributed by atoms with E-state index in [-0.39, 0.29) is 11.3 Å². The number of amides is 1. The van der Waals surface area contributed by atoms with Gasteiger partial charge in [-0.1, -0.05) is 30.3 Å². The van der Waals surface area contributed by atoms with Crippen molar-refractivity contribution in [3.63, 3.8) is 0 Å². The van der Waals surface area contributed by atoms with Crippen LogP contribution in [0, 0.1) is 0 Å². The van der Waals surface area contributed by atoms with Gasteiger partial charge in [-0.3, -0.25) is 4.79 Å². The lowest BCUT2D eigenvalue weighted by atomic mass is 9.74. The monoisotopic (exact) mass is 492 g/mol. The number of thiophene rings is 1. The van der Waals surface area contributed by atoms with Gasteiger partial charge < -0.3 is 25.0 Å². The summed E-state index contributed by atoms with van der Waals surface area (Å²) in [6, 6.07) is 13.9. The molecule has 1 spiro atoms. The average Bonchev–Trinajstić information content (AvgIpc) is 3.55. The topological polar surface area (TPSA) is 85.0 Å². The molecule has 2 aromatic carbocycles. The Labute approximate surface area is 208 Å². The van der Waals surface area contributed by atoms with E-state index in [2.05, 4.69) is 18.7 Å². The second-order valence-electron chi connectivity index (χ2n) is 9.26. The number of nitrogens with zero attached hydrogens (tertiary/aromatic N) is 1. The lowest BCUT2D eigenvalue weighted by Crippen LogP contribution is -2.45. The first-order valence-electron chi connectivity index (χ1n) is 11.5. The number of likely N-dealkylation sites (tertiary alicyclic amines) is 1. The molecule has 0 radical (unpaired) electrons. The summed E-state index contributed by atoms with van der Waals surface area (Å²) >= 11 is 6.09. The van der Waals surface area contributed by atoms with Crippen molar-refractivity contribution in [1.82, 2.24) is 4.90 Å². The standard InChI is InChI=1S/C25H25BN2O4S2/c27-12-15-4-5-21-19(10-15)25(14-31-21)6-8-28(9-7-25)23(29)22-11-17(24(33)34-22)16-2-1-3-20-18(16)13-32-26(20)30/h1-5,10-11,30,33H,6-9,12-14,27H2. The maximum absolute atomic E-state index is 13.4. The number of ether oxygens (including phenoxy) is 1. The minimum atomic E-state index is -0.899. The minimum absolute atomic E-state index is 0.0418. The van der Waals surface area contributed by atoms with Crippen LogP contribution in [0.15, 0.2) is 46.7 Å². The molecule has 0 atom stereocenters. The molecule has 1 fully saturated rings. The molecule has 9 heteroatoms. The van der Waals surface area contributed by atoms with Gasteiger partial charge in [0.2, 0.25) is 0 Å². The van der Waals surface area contributed by atoms with E-state index in [1.807, 2.05) is 41.3 Å². The van der Waals surface area contributed by atoms with Crippen molar-refractivity contribution in [2.75, 3.05) is 19.7 Å². The van der Waals surface area contributed by atoms with Crippen molar-refractivity contribution in [1.29, 1.82) is 0 Å². The van der Waals surface area contributed by atoms with Crippen molar-refractivity contribution in [2.45, 2.75) is 35.6 Å². The van der Waals surface area contributed by atoms with Gasteiger partial charge in [0.15, 0.2) is 0 Å². The third-order valence-corrected chi connectivity index (χ3v) is 8.88. The van der Waals surface area contributed by atoms with Crippen LogP contribution < -0.4 is 15.9 Å². The van der Waals surface area contributed by atoms with Gasteiger partial charge in [-0.15, -0.1) is 24.0 Å². The summed E-state index contributed by atoms with van der Waals surface area (Å²) in [6.07, 6.45) is 1.74. The maximum atomic E-state index is 13.4. The zero-order valence-electron chi connectivity index (χ0n) is 18.6. The van der Waals surface area contributed by atoms with E-state index in [0.717, 1.165) is 50.5 Å². The second-order valence-corrected chi connectivity index (χ2v) is 11.1. The Hall–Kier alpha value is -2.30. The fraction of sp³-hybridized carbons (Fsp3) is 0.320. The SMILES string of the molecule is NCc1ccc2c(c1)C1(CCN(C(=O)c3cc(-c4cccc5c4COB5O)c(S)s3)CC1)CO2. The fourth-order valence-electron chi connectivity index (χ4n) is 5.43. The average molecular weight is 492 g/mol. The first-order chi connectivity index (χ1) is 16.5. The van der Waals surface area contributed by atoms with Crippen LogP contribution in [0.1, 0.15) is 39.2 Å². The van der Waals surface area contributed by atoms with E-state index >= 15 is 0 Å². The van der Waals surface area contributed by atoms with Crippen molar-refractivity contribution < 1.29 is 19.2 Å². The van der Waals surface area contributed by atoms with Crippen LogP contribution in [0.3, 0.4) is 0 Å². The van der Waals surface area contributed by atoms with Crippen LogP contribution in [0.5, 0.6) is 5.75 Å². The molecule has 3 N–H and O–H groups in total. The molecule has 4 heterocycles. The molecule has 1 aromatic heterocycles. The number of thiol groups is 1. The molecule has 6 nitrogen and oxygen atoms in total. The quantitative estimate of drug-likeness (QED) is 0.387. The van der Waals surface area contributed by atoms with Gasteiger partial charge in [0.05, 0.1) is 22.3 Å². The number of piperidine rings is 1. The third-order valence-electron chi connectivity index (χ3n) is 7.44. The molecular formula is C25H25BN2O4S2. The Kier molecular flexibility index (Phi) is 5.50. The number of hydrogen-bond acceptors (Lipinski definition) is 7. The number of hydrogen-bond donors (Lipinski definition) is 3. The molecule has 0 aliphatic carbocycles. The molecule has 0 unspecified atom stereocenters. The minimum Gasteiger partial charge on any atom is -0.492 e. The third kappa shape index (κ3) is 3.49.